The number of rotatable bonds is 4. The SMILES string of the molecule is Cc1ncsc1C(=O)Nc1cccc(NS(N)(=O)=O)c1. The molecule has 106 valence electrons. The van der Waals surface area contributed by atoms with Gasteiger partial charge in [0.2, 0.25) is 0 Å². The number of hydrogen-bond donors (Lipinski definition) is 3. The van der Waals surface area contributed by atoms with E-state index in [4.69, 9.17) is 5.14 Å². The van der Waals surface area contributed by atoms with Crippen LogP contribution in [0.1, 0.15) is 15.4 Å². The smallest absolute Gasteiger partial charge is 0.296 e. The summed E-state index contributed by atoms with van der Waals surface area (Å²) in [5.41, 5.74) is 2.96. The zero-order valence-corrected chi connectivity index (χ0v) is 12.1. The average molecular weight is 312 g/mol. The number of benzene rings is 1. The molecular weight excluding hydrogens is 300 g/mol. The first-order chi connectivity index (χ1) is 9.35. The van der Waals surface area contributed by atoms with Crippen molar-refractivity contribution in [2.24, 2.45) is 5.14 Å². The first-order valence-corrected chi connectivity index (χ1v) is 7.90. The van der Waals surface area contributed by atoms with Crippen LogP contribution in [-0.4, -0.2) is 19.3 Å². The van der Waals surface area contributed by atoms with Crippen molar-refractivity contribution in [2.45, 2.75) is 6.92 Å². The van der Waals surface area contributed by atoms with Crippen molar-refractivity contribution in [3.05, 3.63) is 40.3 Å². The number of anilines is 2. The second kappa shape index (κ2) is 5.57. The number of aryl methyl sites for hydroxylation is 1. The minimum Gasteiger partial charge on any atom is -0.321 e. The third-order valence-electron chi connectivity index (χ3n) is 2.33. The van der Waals surface area contributed by atoms with E-state index in [2.05, 4.69) is 15.0 Å². The molecule has 0 aliphatic carbocycles. The van der Waals surface area contributed by atoms with Crippen LogP contribution in [0.3, 0.4) is 0 Å². The largest absolute Gasteiger partial charge is 0.321 e. The molecule has 1 aromatic carbocycles. The van der Waals surface area contributed by atoms with Gasteiger partial charge in [-0.1, -0.05) is 6.07 Å². The van der Waals surface area contributed by atoms with E-state index in [-0.39, 0.29) is 11.6 Å². The minimum atomic E-state index is -3.84. The molecule has 0 atom stereocenters. The lowest BCUT2D eigenvalue weighted by Crippen LogP contribution is -2.21. The number of nitrogens with zero attached hydrogens (tertiary/aromatic N) is 1. The highest BCUT2D eigenvalue weighted by Gasteiger charge is 2.12. The van der Waals surface area contributed by atoms with Crippen molar-refractivity contribution >= 4 is 38.8 Å². The number of carbonyl (C=O) groups is 1. The van der Waals surface area contributed by atoms with Gasteiger partial charge in [-0.15, -0.1) is 11.3 Å². The lowest BCUT2D eigenvalue weighted by Gasteiger charge is -2.07. The van der Waals surface area contributed by atoms with Crippen LogP contribution in [0.25, 0.3) is 0 Å². The first kappa shape index (κ1) is 14.4. The molecule has 0 saturated carbocycles. The summed E-state index contributed by atoms with van der Waals surface area (Å²) in [5.74, 6) is -0.294. The standard InChI is InChI=1S/C11H12N4O3S2/c1-7-10(19-6-13-7)11(16)14-8-3-2-4-9(5-8)15-20(12,17)18/h2-6,15H,1H3,(H,14,16)(H2,12,17,18). The lowest BCUT2D eigenvalue weighted by molar-refractivity contribution is 0.103. The van der Waals surface area contributed by atoms with Gasteiger partial charge in [0.1, 0.15) is 4.88 Å². The quantitative estimate of drug-likeness (QED) is 0.789. The second-order valence-corrected chi connectivity index (χ2v) is 6.10. The van der Waals surface area contributed by atoms with Crippen molar-refractivity contribution in [1.82, 2.24) is 4.98 Å². The maximum Gasteiger partial charge on any atom is 0.296 e. The fourth-order valence-electron chi connectivity index (χ4n) is 1.53. The number of thiazole rings is 1. The minimum absolute atomic E-state index is 0.270. The van der Waals surface area contributed by atoms with Gasteiger partial charge in [0.05, 0.1) is 16.9 Å². The zero-order chi connectivity index (χ0) is 14.8. The van der Waals surface area contributed by atoms with Crippen LogP contribution in [0.15, 0.2) is 29.8 Å². The molecule has 2 rings (SSSR count). The molecule has 1 aromatic heterocycles. The number of nitrogens with one attached hydrogen (secondary N) is 2. The molecule has 4 N–H and O–H groups in total. The number of hydrogen-bond acceptors (Lipinski definition) is 5. The summed E-state index contributed by atoms with van der Waals surface area (Å²) in [6.07, 6.45) is 0. The molecular formula is C11H12N4O3S2. The highest BCUT2D eigenvalue weighted by Crippen LogP contribution is 2.18. The third-order valence-corrected chi connectivity index (χ3v) is 3.78. The Morgan fingerprint density at radius 3 is 2.65 bits per heavy atom. The van der Waals surface area contributed by atoms with E-state index in [1.54, 1.807) is 24.6 Å². The molecule has 0 aliphatic rings. The maximum absolute atomic E-state index is 12.0. The van der Waals surface area contributed by atoms with Crippen molar-refractivity contribution in [1.29, 1.82) is 0 Å². The van der Waals surface area contributed by atoms with Gasteiger partial charge in [0, 0.05) is 5.69 Å². The Hall–Kier alpha value is -1.97. The van der Waals surface area contributed by atoms with Gasteiger partial charge in [-0.25, -0.2) is 10.1 Å². The highest BCUT2D eigenvalue weighted by atomic mass is 32.2. The average Bonchev–Trinajstić information content (AvgIpc) is 2.73. The van der Waals surface area contributed by atoms with E-state index in [0.717, 1.165) is 0 Å². The maximum atomic E-state index is 12.0. The fraction of sp³-hybridized carbons (Fsp3) is 0.0909. The van der Waals surface area contributed by atoms with E-state index in [9.17, 15) is 13.2 Å². The number of carbonyl (C=O) groups excluding carboxylic acids is 1. The van der Waals surface area contributed by atoms with E-state index in [1.807, 2.05) is 0 Å². The molecule has 0 bridgehead atoms. The van der Waals surface area contributed by atoms with Gasteiger partial charge in [-0.05, 0) is 25.1 Å². The van der Waals surface area contributed by atoms with Crippen LogP contribution in [0.4, 0.5) is 11.4 Å². The predicted octanol–water partition coefficient (Wildman–Crippen LogP) is 1.32. The van der Waals surface area contributed by atoms with E-state index in [1.165, 1.54) is 23.5 Å². The predicted molar refractivity (Wildman–Crippen MR) is 78.0 cm³/mol. The van der Waals surface area contributed by atoms with Gasteiger partial charge in [-0.2, -0.15) is 8.42 Å². The molecule has 9 heteroatoms. The van der Waals surface area contributed by atoms with E-state index < -0.39 is 10.2 Å². The molecule has 2 aromatic rings. The molecule has 0 fully saturated rings. The topological polar surface area (TPSA) is 114 Å². The fourth-order valence-corrected chi connectivity index (χ4v) is 2.69. The van der Waals surface area contributed by atoms with E-state index >= 15 is 0 Å². The molecule has 0 radical (unpaired) electrons. The molecule has 1 heterocycles. The summed E-state index contributed by atoms with van der Waals surface area (Å²) >= 11 is 1.24. The first-order valence-electron chi connectivity index (χ1n) is 5.47. The molecule has 0 saturated heterocycles. The molecule has 1 amide bonds. The molecule has 7 nitrogen and oxygen atoms in total. The number of aromatic nitrogens is 1. The Bertz CT molecular complexity index is 740. The van der Waals surface area contributed by atoms with Gasteiger partial charge in [0.15, 0.2) is 0 Å². The van der Waals surface area contributed by atoms with Gasteiger partial charge in [-0.3, -0.25) is 9.52 Å². The summed E-state index contributed by atoms with van der Waals surface area (Å²) < 4.78 is 24.0. The van der Waals surface area contributed by atoms with Gasteiger partial charge < -0.3 is 5.32 Å². The van der Waals surface area contributed by atoms with Gasteiger partial charge >= 0.3 is 0 Å². The van der Waals surface area contributed by atoms with Crippen molar-refractivity contribution < 1.29 is 13.2 Å². The van der Waals surface area contributed by atoms with E-state index in [0.29, 0.717) is 16.3 Å². The summed E-state index contributed by atoms with van der Waals surface area (Å²) in [4.78, 5) is 16.5. The Labute approximate surface area is 120 Å². The Balaban J connectivity index is 2.16. The van der Waals surface area contributed by atoms with Crippen LogP contribution in [0.5, 0.6) is 0 Å². The molecule has 0 spiro atoms. The summed E-state index contributed by atoms with van der Waals surface area (Å²) in [5, 5.41) is 7.55. The summed E-state index contributed by atoms with van der Waals surface area (Å²) in [6, 6.07) is 6.24. The number of nitrogens with two attached hydrogens (primary N) is 1. The summed E-state index contributed by atoms with van der Waals surface area (Å²) in [6.45, 7) is 1.74. The molecule has 0 aliphatic heterocycles. The Morgan fingerprint density at radius 1 is 1.35 bits per heavy atom. The molecule has 0 unspecified atom stereocenters. The van der Waals surface area contributed by atoms with Crippen LogP contribution >= 0.6 is 11.3 Å². The third kappa shape index (κ3) is 3.76. The highest BCUT2D eigenvalue weighted by molar-refractivity contribution is 7.90. The van der Waals surface area contributed by atoms with Crippen LogP contribution in [0.2, 0.25) is 0 Å². The summed E-state index contributed by atoms with van der Waals surface area (Å²) in [7, 11) is -3.84. The van der Waals surface area contributed by atoms with Crippen molar-refractivity contribution in [2.75, 3.05) is 10.0 Å². The normalized spacial score (nSPS) is 11.1. The molecule has 20 heavy (non-hydrogen) atoms. The van der Waals surface area contributed by atoms with Crippen LogP contribution < -0.4 is 15.2 Å². The second-order valence-electron chi connectivity index (χ2n) is 3.95. The Morgan fingerprint density at radius 2 is 2.05 bits per heavy atom. The Kier molecular flexibility index (Phi) is 4.02. The van der Waals surface area contributed by atoms with Crippen molar-refractivity contribution in [3.63, 3.8) is 0 Å². The van der Waals surface area contributed by atoms with Crippen molar-refractivity contribution in [3.8, 4) is 0 Å². The van der Waals surface area contributed by atoms with Crippen LogP contribution in [0, 0.1) is 6.92 Å². The lowest BCUT2D eigenvalue weighted by atomic mass is 10.2. The monoisotopic (exact) mass is 312 g/mol. The zero-order valence-electron chi connectivity index (χ0n) is 10.5. The van der Waals surface area contributed by atoms with Gasteiger partial charge in [0.25, 0.3) is 16.1 Å². The number of amides is 1. The van der Waals surface area contributed by atoms with Crippen LogP contribution in [-0.2, 0) is 10.2 Å².